The van der Waals surface area contributed by atoms with E-state index in [1.54, 1.807) is 6.07 Å². The van der Waals surface area contributed by atoms with Gasteiger partial charge in [0, 0.05) is 29.6 Å². The van der Waals surface area contributed by atoms with E-state index in [9.17, 15) is 4.79 Å². The summed E-state index contributed by atoms with van der Waals surface area (Å²) in [4.78, 5) is 14.2. The third-order valence-electron chi connectivity index (χ3n) is 3.61. The Labute approximate surface area is 125 Å². The number of rotatable bonds is 6. The van der Waals surface area contributed by atoms with Crippen molar-refractivity contribution in [1.29, 1.82) is 0 Å². The smallest absolute Gasteiger partial charge is 0.224 e. The zero-order valence-corrected chi connectivity index (χ0v) is 12.8. The lowest BCUT2D eigenvalue weighted by Crippen LogP contribution is -2.32. The van der Waals surface area contributed by atoms with Crippen LogP contribution in [0.2, 0.25) is 0 Å². The van der Waals surface area contributed by atoms with Crippen LogP contribution in [0.25, 0.3) is 0 Å². The van der Waals surface area contributed by atoms with E-state index < -0.39 is 0 Å². The SMILES string of the molecule is CN(CCCC(=O)Nc1cccc(N)c1)C1CCSC1. The maximum Gasteiger partial charge on any atom is 0.224 e. The molecule has 1 aliphatic heterocycles. The first-order valence-electron chi connectivity index (χ1n) is 7.08. The molecule has 1 unspecified atom stereocenters. The van der Waals surface area contributed by atoms with E-state index in [4.69, 9.17) is 5.73 Å². The number of carbonyl (C=O) groups is 1. The highest BCUT2D eigenvalue weighted by molar-refractivity contribution is 7.99. The fraction of sp³-hybridized carbons (Fsp3) is 0.533. The average molecular weight is 293 g/mol. The fourth-order valence-corrected chi connectivity index (χ4v) is 3.68. The normalized spacial score (nSPS) is 18.4. The van der Waals surface area contributed by atoms with Crippen molar-refractivity contribution in [2.75, 3.05) is 36.1 Å². The van der Waals surface area contributed by atoms with Crippen LogP contribution < -0.4 is 11.1 Å². The number of hydrogen-bond acceptors (Lipinski definition) is 4. The molecule has 1 heterocycles. The predicted octanol–water partition coefficient (Wildman–Crippen LogP) is 2.42. The molecule has 20 heavy (non-hydrogen) atoms. The molecule has 0 saturated carbocycles. The Morgan fingerprint density at radius 2 is 2.40 bits per heavy atom. The van der Waals surface area contributed by atoms with Crippen LogP contribution >= 0.6 is 11.8 Å². The molecular formula is C15H23N3OS. The molecule has 0 bridgehead atoms. The number of hydrogen-bond donors (Lipinski definition) is 2. The topological polar surface area (TPSA) is 58.4 Å². The molecule has 0 aliphatic carbocycles. The van der Waals surface area contributed by atoms with E-state index in [0.717, 1.165) is 18.7 Å². The summed E-state index contributed by atoms with van der Waals surface area (Å²) in [5, 5.41) is 2.88. The van der Waals surface area contributed by atoms with Gasteiger partial charge in [0.1, 0.15) is 0 Å². The third-order valence-corrected chi connectivity index (χ3v) is 4.76. The molecule has 1 saturated heterocycles. The Morgan fingerprint density at radius 1 is 1.55 bits per heavy atom. The van der Waals surface area contributed by atoms with Crippen LogP contribution in [0.15, 0.2) is 24.3 Å². The van der Waals surface area contributed by atoms with E-state index in [-0.39, 0.29) is 5.91 Å². The van der Waals surface area contributed by atoms with Crippen molar-refractivity contribution >= 4 is 29.0 Å². The molecule has 1 aromatic rings. The zero-order chi connectivity index (χ0) is 14.4. The van der Waals surface area contributed by atoms with Crippen molar-refractivity contribution in [2.24, 2.45) is 0 Å². The highest BCUT2D eigenvalue weighted by Crippen LogP contribution is 2.21. The molecule has 3 N–H and O–H groups in total. The van der Waals surface area contributed by atoms with E-state index in [0.29, 0.717) is 18.2 Å². The summed E-state index contributed by atoms with van der Waals surface area (Å²) in [6, 6.07) is 7.98. The van der Waals surface area contributed by atoms with Gasteiger partial charge in [0.05, 0.1) is 0 Å². The highest BCUT2D eigenvalue weighted by Gasteiger charge is 2.19. The monoisotopic (exact) mass is 293 g/mol. The molecule has 0 radical (unpaired) electrons. The van der Waals surface area contributed by atoms with Gasteiger partial charge in [-0.05, 0) is 50.4 Å². The molecule has 4 nitrogen and oxygen atoms in total. The van der Waals surface area contributed by atoms with Gasteiger partial charge in [-0.1, -0.05) is 6.07 Å². The van der Waals surface area contributed by atoms with Crippen LogP contribution in [0.4, 0.5) is 11.4 Å². The molecule has 1 aromatic carbocycles. The molecule has 1 atom stereocenters. The second kappa shape index (κ2) is 7.55. The number of anilines is 2. The predicted molar refractivity (Wildman–Crippen MR) is 87.1 cm³/mol. The molecule has 2 rings (SSSR count). The molecule has 0 spiro atoms. The quantitative estimate of drug-likeness (QED) is 0.791. The van der Waals surface area contributed by atoms with E-state index >= 15 is 0 Å². The minimum absolute atomic E-state index is 0.0600. The van der Waals surface area contributed by atoms with Crippen LogP contribution in [0.3, 0.4) is 0 Å². The lowest BCUT2D eigenvalue weighted by molar-refractivity contribution is -0.116. The van der Waals surface area contributed by atoms with E-state index in [1.807, 2.05) is 30.0 Å². The molecular weight excluding hydrogens is 270 g/mol. The lowest BCUT2D eigenvalue weighted by atomic mass is 10.2. The van der Waals surface area contributed by atoms with Crippen molar-refractivity contribution < 1.29 is 4.79 Å². The van der Waals surface area contributed by atoms with Crippen molar-refractivity contribution in [1.82, 2.24) is 4.90 Å². The van der Waals surface area contributed by atoms with Gasteiger partial charge in [-0.2, -0.15) is 11.8 Å². The molecule has 5 heteroatoms. The molecule has 1 aliphatic rings. The van der Waals surface area contributed by atoms with Crippen molar-refractivity contribution in [2.45, 2.75) is 25.3 Å². The molecule has 1 fully saturated rings. The van der Waals surface area contributed by atoms with Crippen molar-refractivity contribution in [3.8, 4) is 0 Å². The number of nitrogen functional groups attached to an aromatic ring is 1. The number of nitrogens with one attached hydrogen (secondary N) is 1. The summed E-state index contributed by atoms with van der Waals surface area (Å²) in [7, 11) is 2.16. The Kier molecular flexibility index (Phi) is 5.73. The van der Waals surface area contributed by atoms with Crippen LogP contribution in [0, 0.1) is 0 Å². The van der Waals surface area contributed by atoms with Gasteiger partial charge >= 0.3 is 0 Å². The number of thioether (sulfide) groups is 1. The standard InChI is InChI=1S/C15H23N3OS/c1-18(14-7-9-20-11-14)8-3-6-15(19)17-13-5-2-4-12(16)10-13/h2,4-5,10,14H,3,6-9,11,16H2,1H3,(H,17,19). The Morgan fingerprint density at radius 3 is 3.10 bits per heavy atom. The van der Waals surface area contributed by atoms with E-state index in [2.05, 4.69) is 17.3 Å². The van der Waals surface area contributed by atoms with Gasteiger partial charge in [0.15, 0.2) is 0 Å². The van der Waals surface area contributed by atoms with Crippen molar-refractivity contribution in [3.05, 3.63) is 24.3 Å². The van der Waals surface area contributed by atoms with Gasteiger partial charge in [-0.3, -0.25) is 4.79 Å². The molecule has 0 aromatic heterocycles. The average Bonchev–Trinajstić information content (AvgIpc) is 2.92. The van der Waals surface area contributed by atoms with Crippen LogP contribution in [0.5, 0.6) is 0 Å². The maximum atomic E-state index is 11.9. The minimum atomic E-state index is 0.0600. The van der Waals surface area contributed by atoms with Gasteiger partial charge in [-0.25, -0.2) is 0 Å². The highest BCUT2D eigenvalue weighted by atomic mass is 32.2. The van der Waals surface area contributed by atoms with Crippen molar-refractivity contribution in [3.63, 3.8) is 0 Å². The first-order valence-corrected chi connectivity index (χ1v) is 8.24. The van der Waals surface area contributed by atoms with Gasteiger partial charge in [0.25, 0.3) is 0 Å². The van der Waals surface area contributed by atoms with E-state index in [1.165, 1.54) is 17.9 Å². The largest absolute Gasteiger partial charge is 0.399 e. The third kappa shape index (κ3) is 4.72. The maximum absolute atomic E-state index is 11.9. The molecule has 1 amide bonds. The van der Waals surface area contributed by atoms with Gasteiger partial charge in [0.2, 0.25) is 5.91 Å². The number of nitrogens with two attached hydrogens (primary N) is 1. The van der Waals surface area contributed by atoms with Crippen LogP contribution in [0.1, 0.15) is 19.3 Å². The first-order chi connectivity index (χ1) is 9.65. The van der Waals surface area contributed by atoms with Gasteiger partial charge in [-0.15, -0.1) is 0 Å². The summed E-state index contributed by atoms with van der Waals surface area (Å²) >= 11 is 2.02. The molecule has 110 valence electrons. The summed E-state index contributed by atoms with van der Waals surface area (Å²) < 4.78 is 0. The summed E-state index contributed by atoms with van der Waals surface area (Å²) in [6.07, 6.45) is 2.72. The van der Waals surface area contributed by atoms with Crippen LogP contribution in [-0.4, -0.2) is 41.9 Å². The number of nitrogens with zero attached hydrogens (tertiary/aromatic N) is 1. The minimum Gasteiger partial charge on any atom is -0.399 e. The second-order valence-electron chi connectivity index (χ2n) is 5.28. The summed E-state index contributed by atoms with van der Waals surface area (Å²) in [6.45, 7) is 0.982. The van der Waals surface area contributed by atoms with Crippen LogP contribution in [-0.2, 0) is 4.79 Å². The summed E-state index contributed by atoms with van der Waals surface area (Å²) in [5.74, 6) is 2.56. The lowest BCUT2D eigenvalue weighted by Gasteiger charge is -2.23. The van der Waals surface area contributed by atoms with Gasteiger partial charge < -0.3 is 16.0 Å². The second-order valence-corrected chi connectivity index (χ2v) is 6.43. The first kappa shape index (κ1) is 15.2. The zero-order valence-electron chi connectivity index (χ0n) is 12.0. The Bertz CT molecular complexity index is 446. The number of amides is 1. The summed E-state index contributed by atoms with van der Waals surface area (Å²) in [5.41, 5.74) is 7.13. The number of carbonyl (C=O) groups excluding carboxylic acids is 1. The fourth-order valence-electron chi connectivity index (χ4n) is 2.38. The Hall–Kier alpha value is -1.20. The number of benzene rings is 1. The Balaban J connectivity index is 1.67.